The van der Waals surface area contributed by atoms with Crippen molar-refractivity contribution in [3.05, 3.63) is 45.4 Å². The molecule has 4 atom stereocenters. The molecule has 0 radical (unpaired) electrons. The normalized spacial score (nSPS) is 28.9. The highest BCUT2D eigenvalue weighted by Crippen LogP contribution is 2.53. The first-order valence-electron chi connectivity index (χ1n) is 13.3. The molecule has 12 nitrogen and oxygen atoms in total. The molecule has 4 aliphatic rings. The third-order valence-corrected chi connectivity index (χ3v) is 8.76. The van der Waals surface area contributed by atoms with Crippen molar-refractivity contribution in [3.63, 3.8) is 0 Å². The first-order valence-corrected chi connectivity index (χ1v) is 13.3. The maximum absolute atomic E-state index is 14.1. The number of nitrogens with two attached hydrogens (primary N) is 1. The Morgan fingerprint density at radius 3 is 2.38 bits per heavy atom. The highest BCUT2D eigenvalue weighted by Gasteiger charge is 2.63. The van der Waals surface area contributed by atoms with E-state index in [4.69, 9.17) is 10.5 Å². The molecule has 5 rings (SSSR count). The van der Waals surface area contributed by atoms with E-state index in [1.165, 1.54) is 4.90 Å². The molecule has 0 aromatic heterocycles. The standard InChI is InChI=1S/C28H36N4O8/c1-30(2)17-11-14(12-32-5-7-40-8-6-32)22(33)19-15(17)9-13-10-16-21(31(3)4)24(35)20(27(29)38)26(37)28(16,39)25(36)18(13)23(19)34/h11,13,16,21,33,35-36,39H,5-10,12H2,1-4H3,(H2,29,38)/t13-,16+,21-,28+/m1/s1. The van der Waals surface area contributed by atoms with Crippen LogP contribution < -0.4 is 10.6 Å². The van der Waals surface area contributed by atoms with Gasteiger partial charge in [-0.05, 0) is 44.5 Å². The highest BCUT2D eigenvalue weighted by molar-refractivity contribution is 6.24. The third-order valence-electron chi connectivity index (χ3n) is 8.76. The molecule has 3 aliphatic carbocycles. The summed E-state index contributed by atoms with van der Waals surface area (Å²) in [4.78, 5) is 45.2. The van der Waals surface area contributed by atoms with E-state index >= 15 is 0 Å². The second-order valence-electron chi connectivity index (χ2n) is 11.5. The zero-order valence-electron chi connectivity index (χ0n) is 23.1. The van der Waals surface area contributed by atoms with E-state index in [1.54, 1.807) is 14.1 Å². The molecule has 40 heavy (non-hydrogen) atoms. The Morgan fingerprint density at radius 1 is 1.15 bits per heavy atom. The molecule has 12 heteroatoms. The summed E-state index contributed by atoms with van der Waals surface area (Å²) in [6.45, 7) is 2.84. The summed E-state index contributed by atoms with van der Waals surface area (Å²) >= 11 is 0. The Bertz CT molecular complexity index is 1360. The Morgan fingerprint density at radius 2 is 1.80 bits per heavy atom. The number of rotatable bonds is 5. The van der Waals surface area contributed by atoms with Gasteiger partial charge in [-0.15, -0.1) is 0 Å². The summed E-state index contributed by atoms with van der Waals surface area (Å²) in [6.07, 6.45) is 0.294. The lowest BCUT2D eigenvalue weighted by atomic mass is 9.58. The summed E-state index contributed by atoms with van der Waals surface area (Å²) in [5.41, 5.74) is 3.66. The number of carbonyl (C=O) groups is 3. The number of phenolic OH excluding ortho intramolecular Hbond substituents is 1. The molecular weight excluding hydrogens is 520 g/mol. The van der Waals surface area contributed by atoms with Crippen molar-refractivity contribution in [1.82, 2.24) is 9.80 Å². The monoisotopic (exact) mass is 556 g/mol. The van der Waals surface area contributed by atoms with E-state index in [-0.39, 0.29) is 29.7 Å². The van der Waals surface area contributed by atoms with Crippen molar-refractivity contribution in [3.8, 4) is 5.75 Å². The number of benzene rings is 1. The van der Waals surface area contributed by atoms with Crippen LogP contribution in [0.1, 0.15) is 27.9 Å². The van der Waals surface area contributed by atoms with Crippen LogP contribution in [0.15, 0.2) is 28.7 Å². The number of Topliss-reactive ketones (excluding diaryl/α,β-unsaturated/α-hetero) is 2. The summed E-state index contributed by atoms with van der Waals surface area (Å²) in [5.74, 6) is -6.52. The van der Waals surface area contributed by atoms with Gasteiger partial charge in [0, 0.05) is 56.5 Å². The summed E-state index contributed by atoms with van der Waals surface area (Å²) in [5, 5.41) is 45.6. The van der Waals surface area contributed by atoms with Gasteiger partial charge in [0.25, 0.3) is 5.91 Å². The number of ether oxygens (including phenoxy) is 1. The van der Waals surface area contributed by atoms with Gasteiger partial charge >= 0.3 is 0 Å². The molecule has 0 spiro atoms. The first-order chi connectivity index (χ1) is 18.8. The molecule has 216 valence electrons. The topological polar surface area (TPSA) is 177 Å². The van der Waals surface area contributed by atoms with Gasteiger partial charge < -0.3 is 35.8 Å². The molecule has 0 saturated carbocycles. The van der Waals surface area contributed by atoms with Crippen LogP contribution in [-0.2, 0) is 27.3 Å². The lowest BCUT2D eigenvalue weighted by molar-refractivity contribution is -0.148. The van der Waals surface area contributed by atoms with Gasteiger partial charge in [0.15, 0.2) is 11.4 Å². The lowest BCUT2D eigenvalue weighted by Gasteiger charge is -2.50. The maximum atomic E-state index is 14.1. The largest absolute Gasteiger partial charge is 0.510 e. The summed E-state index contributed by atoms with van der Waals surface area (Å²) < 4.78 is 5.42. The Labute approximate surface area is 231 Å². The van der Waals surface area contributed by atoms with E-state index in [9.17, 15) is 34.8 Å². The molecular formula is C28H36N4O8. The number of amides is 1. The van der Waals surface area contributed by atoms with Gasteiger partial charge in [-0.25, -0.2) is 0 Å². The molecule has 1 amide bonds. The average Bonchev–Trinajstić information content (AvgIpc) is 2.87. The number of hydrogen-bond donors (Lipinski definition) is 5. The fraction of sp³-hybridized carbons (Fsp3) is 0.536. The van der Waals surface area contributed by atoms with Crippen molar-refractivity contribution in [2.24, 2.45) is 17.6 Å². The van der Waals surface area contributed by atoms with Gasteiger partial charge in [-0.3, -0.25) is 24.2 Å². The van der Waals surface area contributed by atoms with E-state index in [2.05, 4.69) is 4.90 Å². The van der Waals surface area contributed by atoms with Crippen LogP contribution in [0.4, 0.5) is 5.69 Å². The van der Waals surface area contributed by atoms with Crippen LogP contribution in [-0.4, -0.2) is 114 Å². The maximum Gasteiger partial charge on any atom is 0.255 e. The summed E-state index contributed by atoms with van der Waals surface area (Å²) in [7, 11) is 6.89. The minimum absolute atomic E-state index is 0.0234. The zero-order valence-corrected chi connectivity index (χ0v) is 23.1. The number of hydrogen-bond acceptors (Lipinski definition) is 11. The molecule has 1 heterocycles. The van der Waals surface area contributed by atoms with Crippen LogP contribution in [0.2, 0.25) is 0 Å². The predicted molar refractivity (Wildman–Crippen MR) is 144 cm³/mol. The van der Waals surface area contributed by atoms with Gasteiger partial charge in [-0.1, -0.05) is 0 Å². The van der Waals surface area contributed by atoms with E-state index < -0.39 is 58.0 Å². The molecule has 0 bridgehead atoms. The SMILES string of the molecule is CN(C)c1cc(CN2CCOCC2)c(O)c2c1C[C@@H]1C[C@H]3[C@@H](N(C)C)C(O)=C(C(N)=O)C(=O)[C@@]3(O)C(O)=C1C2=O. The first kappa shape index (κ1) is 28.1. The number of aromatic hydroxyl groups is 1. The molecule has 0 unspecified atom stereocenters. The number of primary amides is 1. The Hall–Kier alpha value is -3.45. The van der Waals surface area contributed by atoms with Gasteiger partial charge in [0.05, 0.1) is 24.8 Å². The molecule has 1 aromatic rings. The molecule has 1 saturated heterocycles. The van der Waals surface area contributed by atoms with Gasteiger partial charge in [0.2, 0.25) is 5.78 Å². The van der Waals surface area contributed by atoms with Crippen molar-refractivity contribution >= 4 is 23.2 Å². The number of phenols is 1. The Kier molecular flexibility index (Phi) is 6.94. The number of fused-ring (bicyclic) bond motifs is 3. The van der Waals surface area contributed by atoms with Crippen molar-refractivity contribution in [2.45, 2.75) is 31.0 Å². The predicted octanol–water partition coefficient (Wildman–Crippen LogP) is 0.0188. The van der Waals surface area contributed by atoms with Gasteiger partial charge in [0.1, 0.15) is 22.8 Å². The van der Waals surface area contributed by atoms with Gasteiger partial charge in [-0.2, -0.15) is 0 Å². The third kappa shape index (κ3) is 4.00. The highest BCUT2D eigenvalue weighted by atomic mass is 16.5. The molecule has 1 aromatic carbocycles. The number of morpholine rings is 1. The fourth-order valence-corrected chi connectivity index (χ4v) is 6.87. The number of nitrogens with zero attached hydrogens (tertiary/aromatic N) is 3. The van der Waals surface area contributed by atoms with Crippen molar-refractivity contribution < 1.29 is 39.5 Å². The second kappa shape index (κ2) is 9.88. The number of anilines is 1. The number of aliphatic hydroxyl groups is 3. The van der Waals surface area contributed by atoms with Crippen LogP contribution >= 0.6 is 0 Å². The lowest BCUT2D eigenvalue weighted by Crippen LogP contribution is -2.63. The van der Waals surface area contributed by atoms with Crippen molar-refractivity contribution in [1.29, 1.82) is 0 Å². The van der Waals surface area contributed by atoms with E-state index in [1.807, 2.05) is 25.1 Å². The number of aliphatic hydroxyl groups excluding tert-OH is 2. The number of allylic oxidation sites excluding steroid dienone is 1. The van der Waals surface area contributed by atoms with Crippen LogP contribution in [0.5, 0.6) is 5.75 Å². The quantitative estimate of drug-likeness (QED) is 0.309. The average molecular weight is 557 g/mol. The molecule has 1 fully saturated rings. The van der Waals surface area contributed by atoms with Crippen molar-refractivity contribution in [2.75, 3.05) is 59.4 Å². The minimum atomic E-state index is -2.66. The fourth-order valence-electron chi connectivity index (χ4n) is 6.87. The number of likely N-dealkylation sites (N-methyl/N-ethyl adjacent to an activating group) is 1. The molecule has 1 aliphatic heterocycles. The van der Waals surface area contributed by atoms with Crippen LogP contribution in [0, 0.1) is 11.8 Å². The van der Waals surface area contributed by atoms with Crippen LogP contribution in [0.3, 0.4) is 0 Å². The summed E-state index contributed by atoms with van der Waals surface area (Å²) in [6, 6.07) is 0.841. The smallest absolute Gasteiger partial charge is 0.255 e. The molecule has 6 N–H and O–H groups in total. The van der Waals surface area contributed by atoms with E-state index in [0.717, 1.165) is 5.69 Å². The zero-order chi connectivity index (χ0) is 29.3. The second-order valence-corrected chi connectivity index (χ2v) is 11.5. The van der Waals surface area contributed by atoms with E-state index in [0.29, 0.717) is 44.0 Å². The number of carbonyl (C=O) groups excluding carboxylic acids is 3. The van der Waals surface area contributed by atoms with Crippen LogP contribution in [0.25, 0.3) is 0 Å². The Balaban J connectivity index is 1.67. The minimum Gasteiger partial charge on any atom is -0.510 e. The number of ketones is 2.